The van der Waals surface area contributed by atoms with Crippen molar-refractivity contribution >= 4 is 34.0 Å². The zero-order valence-corrected chi connectivity index (χ0v) is 20.8. The number of benzene rings is 1. The summed E-state index contributed by atoms with van der Waals surface area (Å²) in [4.78, 5) is 26.4. The summed E-state index contributed by atoms with van der Waals surface area (Å²) >= 11 is 1.21. The lowest BCUT2D eigenvalue weighted by atomic mass is 9.92. The van der Waals surface area contributed by atoms with E-state index in [1.165, 1.54) is 33.3 Å². The molecule has 4 aromatic rings. The standard InChI is InChI=1S/C25H24F3N7OS/c1-23(5-6-23)18-12-37-22(32-18)35-19-16(20(36)34(35)13-25(26,27)28)11-29-21(33-19)31-15-2-3-17-14(10-15)4-9-30-24(17)7-8-24/h2-3,10-12,30H,4-9,13H2,1H3,(H,29,31,33). The molecule has 12 heteroatoms. The molecule has 2 fully saturated rings. The Morgan fingerprint density at radius 3 is 2.73 bits per heavy atom. The Morgan fingerprint density at radius 1 is 1.19 bits per heavy atom. The lowest BCUT2D eigenvalue weighted by Crippen LogP contribution is -2.36. The van der Waals surface area contributed by atoms with E-state index in [2.05, 4.69) is 44.6 Å². The summed E-state index contributed by atoms with van der Waals surface area (Å²) in [6, 6.07) is 6.15. The van der Waals surface area contributed by atoms with E-state index in [0.29, 0.717) is 4.68 Å². The Hall–Kier alpha value is -3.25. The van der Waals surface area contributed by atoms with Crippen LogP contribution in [0.25, 0.3) is 16.2 Å². The highest BCUT2D eigenvalue weighted by Gasteiger charge is 2.46. The first-order valence-electron chi connectivity index (χ1n) is 12.3. The molecule has 4 heterocycles. The second-order valence-electron chi connectivity index (χ2n) is 10.6. The number of nitrogens with one attached hydrogen (secondary N) is 2. The van der Waals surface area contributed by atoms with Crippen molar-refractivity contribution in [2.45, 2.75) is 62.7 Å². The second kappa shape index (κ2) is 7.64. The maximum atomic E-state index is 13.5. The monoisotopic (exact) mass is 527 g/mol. The van der Waals surface area contributed by atoms with Crippen LogP contribution in [0, 0.1) is 0 Å². The molecule has 0 unspecified atom stereocenters. The number of rotatable bonds is 5. The first kappa shape index (κ1) is 22.9. The molecule has 0 bridgehead atoms. The summed E-state index contributed by atoms with van der Waals surface area (Å²) < 4.78 is 42.3. The summed E-state index contributed by atoms with van der Waals surface area (Å²) in [6.45, 7) is 1.55. The van der Waals surface area contributed by atoms with Crippen LogP contribution in [-0.2, 0) is 23.9 Å². The number of halogens is 3. The van der Waals surface area contributed by atoms with Gasteiger partial charge >= 0.3 is 6.18 Å². The molecule has 1 aliphatic heterocycles. The highest BCUT2D eigenvalue weighted by atomic mass is 32.1. The van der Waals surface area contributed by atoms with Crippen molar-refractivity contribution in [3.8, 4) is 5.13 Å². The first-order chi connectivity index (χ1) is 17.6. The summed E-state index contributed by atoms with van der Waals surface area (Å²) in [5.74, 6) is 0.200. The summed E-state index contributed by atoms with van der Waals surface area (Å²) in [6.07, 6.45) is 1.84. The van der Waals surface area contributed by atoms with Crippen LogP contribution < -0.4 is 16.2 Å². The van der Waals surface area contributed by atoms with Crippen molar-refractivity contribution in [2.24, 2.45) is 0 Å². The highest BCUT2D eigenvalue weighted by Crippen LogP contribution is 2.49. The van der Waals surface area contributed by atoms with Gasteiger partial charge in [-0.3, -0.25) is 4.79 Å². The van der Waals surface area contributed by atoms with Gasteiger partial charge in [-0.25, -0.2) is 19.3 Å². The van der Waals surface area contributed by atoms with Crippen molar-refractivity contribution in [1.82, 2.24) is 29.6 Å². The van der Waals surface area contributed by atoms with E-state index >= 15 is 0 Å². The molecule has 2 saturated carbocycles. The third-order valence-electron chi connectivity index (χ3n) is 7.78. The van der Waals surface area contributed by atoms with Gasteiger partial charge in [-0.15, -0.1) is 11.3 Å². The van der Waals surface area contributed by atoms with E-state index in [9.17, 15) is 18.0 Å². The van der Waals surface area contributed by atoms with Gasteiger partial charge in [0, 0.05) is 34.8 Å². The maximum absolute atomic E-state index is 13.5. The third kappa shape index (κ3) is 3.84. The average molecular weight is 528 g/mol. The van der Waals surface area contributed by atoms with E-state index in [0.717, 1.165) is 50.0 Å². The number of hydrogen-bond donors (Lipinski definition) is 2. The third-order valence-corrected chi connectivity index (χ3v) is 8.60. The predicted octanol–water partition coefficient (Wildman–Crippen LogP) is 4.53. The molecule has 0 amide bonds. The molecule has 37 heavy (non-hydrogen) atoms. The molecule has 3 aliphatic rings. The Kier molecular flexibility index (Phi) is 4.73. The molecule has 0 radical (unpaired) electrons. The largest absolute Gasteiger partial charge is 0.408 e. The number of aromatic nitrogens is 5. The smallest absolute Gasteiger partial charge is 0.324 e. The van der Waals surface area contributed by atoms with Crippen LogP contribution in [0.2, 0.25) is 0 Å². The molecule has 2 aliphatic carbocycles. The Bertz CT molecular complexity index is 1610. The number of anilines is 2. The zero-order chi connectivity index (χ0) is 25.6. The molecule has 2 N–H and O–H groups in total. The van der Waals surface area contributed by atoms with Crippen molar-refractivity contribution in [3.05, 3.63) is 57.0 Å². The maximum Gasteiger partial charge on any atom is 0.408 e. The number of thiazole rings is 1. The van der Waals surface area contributed by atoms with E-state index in [-0.39, 0.29) is 33.1 Å². The number of nitrogens with zero attached hydrogens (tertiary/aromatic N) is 5. The van der Waals surface area contributed by atoms with E-state index in [4.69, 9.17) is 0 Å². The second-order valence-corrected chi connectivity index (χ2v) is 11.4. The van der Waals surface area contributed by atoms with Crippen LogP contribution in [0.1, 0.15) is 49.4 Å². The molecule has 1 spiro atoms. The van der Waals surface area contributed by atoms with Crippen molar-refractivity contribution in [1.29, 1.82) is 0 Å². The minimum atomic E-state index is -4.59. The van der Waals surface area contributed by atoms with E-state index in [1.54, 1.807) is 0 Å². The van der Waals surface area contributed by atoms with Crippen LogP contribution in [0.4, 0.5) is 24.8 Å². The highest BCUT2D eigenvalue weighted by molar-refractivity contribution is 7.12. The Labute approximate surface area is 213 Å². The fraction of sp³-hybridized carbons (Fsp3) is 0.440. The lowest BCUT2D eigenvalue weighted by molar-refractivity contribution is -0.144. The van der Waals surface area contributed by atoms with Gasteiger partial charge in [0.2, 0.25) is 11.1 Å². The molecule has 0 saturated heterocycles. The topological polar surface area (TPSA) is 89.7 Å². The fourth-order valence-corrected chi connectivity index (χ4v) is 6.25. The predicted molar refractivity (Wildman–Crippen MR) is 134 cm³/mol. The van der Waals surface area contributed by atoms with E-state index in [1.807, 2.05) is 11.4 Å². The fourth-order valence-electron chi connectivity index (χ4n) is 5.26. The molecular formula is C25H24F3N7OS. The minimum Gasteiger partial charge on any atom is -0.324 e. The number of fused-ring (bicyclic) bond motifs is 3. The van der Waals surface area contributed by atoms with Gasteiger partial charge in [0.1, 0.15) is 11.9 Å². The summed E-state index contributed by atoms with van der Waals surface area (Å²) in [5.41, 5.74) is 3.54. The van der Waals surface area contributed by atoms with Crippen LogP contribution in [0.3, 0.4) is 0 Å². The van der Waals surface area contributed by atoms with Gasteiger partial charge in [-0.2, -0.15) is 18.2 Å². The van der Waals surface area contributed by atoms with Crippen LogP contribution in [-0.4, -0.2) is 37.0 Å². The molecular weight excluding hydrogens is 503 g/mol. The van der Waals surface area contributed by atoms with Gasteiger partial charge in [0.15, 0.2) is 5.65 Å². The van der Waals surface area contributed by atoms with Crippen LogP contribution in [0.15, 0.2) is 34.6 Å². The lowest BCUT2D eigenvalue weighted by Gasteiger charge is -2.27. The van der Waals surface area contributed by atoms with Gasteiger partial charge < -0.3 is 10.6 Å². The minimum absolute atomic E-state index is 0.0105. The SMILES string of the molecule is CC1(c2csc(-n3c4nc(Nc5ccc6c(c5)CCNC65CC5)ncc4c(=O)n3CC(F)(F)F)n2)CC1. The van der Waals surface area contributed by atoms with E-state index < -0.39 is 18.3 Å². The quantitative estimate of drug-likeness (QED) is 0.397. The first-order valence-corrected chi connectivity index (χ1v) is 13.2. The molecule has 8 nitrogen and oxygen atoms in total. The molecule has 7 rings (SSSR count). The number of hydrogen-bond acceptors (Lipinski definition) is 7. The summed E-state index contributed by atoms with van der Waals surface area (Å²) in [5, 5.41) is 8.93. The van der Waals surface area contributed by atoms with Gasteiger partial charge in [0.25, 0.3) is 5.56 Å². The summed E-state index contributed by atoms with van der Waals surface area (Å²) in [7, 11) is 0. The zero-order valence-electron chi connectivity index (χ0n) is 20.0. The molecule has 0 atom stereocenters. The van der Waals surface area contributed by atoms with Gasteiger partial charge in [-0.05, 0) is 55.4 Å². The van der Waals surface area contributed by atoms with Gasteiger partial charge in [0.05, 0.1) is 5.69 Å². The molecule has 3 aromatic heterocycles. The van der Waals surface area contributed by atoms with Crippen LogP contribution in [0.5, 0.6) is 0 Å². The van der Waals surface area contributed by atoms with Crippen molar-refractivity contribution in [3.63, 3.8) is 0 Å². The molecule has 192 valence electrons. The number of alkyl halides is 3. The van der Waals surface area contributed by atoms with Crippen molar-refractivity contribution in [2.75, 3.05) is 11.9 Å². The van der Waals surface area contributed by atoms with Crippen molar-refractivity contribution < 1.29 is 13.2 Å². The average Bonchev–Trinajstić information content (AvgIpc) is 3.71. The van der Waals surface area contributed by atoms with Crippen LogP contribution >= 0.6 is 11.3 Å². The van der Waals surface area contributed by atoms with Gasteiger partial charge in [-0.1, -0.05) is 13.0 Å². The Morgan fingerprint density at radius 2 is 2.00 bits per heavy atom. The molecule has 1 aromatic carbocycles. The normalized spacial score (nSPS) is 19.2. The Balaban J connectivity index is 1.30.